The second-order valence-electron chi connectivity index (χ2n) is 5.10. The molecule has 0 saturated carbocycles. The fourth-order valence-corrected chi connectivity index (χ4v) is 2.01. The van der Waals surface area contributed by atoms with Crippen LogP contribution in [0.5, 0.6) is 0 Å². The number of benzene rings is 1. The molecule has 1 rings (SSSR count). The highest BCUT2D eigenvalue weighted by atomic mass is 19.1. The molecule has 116 valence electrons. The minimum atomic E-state index is -0.243. The number of aliphatic hydroxyl groups excluding tert-OH is 2. The van der Waals surface area contributed by atoms with Crippen LogP contribution in [0, 0.1) is 17.7 Å². The topological polar surface area (TPSA) is 43.7 Å². The quantitative estimate of drug-likeness (QED) is 0.570. The summed E-state index contributed by atoms with van der Waals surface area (Å²) in [5, 5.41) is 17.4. The molecule has 0 atom stereocenters. The molecule has 0 unspecified atom stereocenters. The Morgan fingerprint density at radius 3 is 2.62 bits per heavy atom. The first-order chi connectivity index (χ1) is 10.2. The summed E-state index contributed by atoms with van der Waals surface area (Å²) in [6.45, 7) is 1.71. The molecular weight excluding hydrogens is 269 g/mol. The normalized spacial score (nSPS) is 10.5. The molecule has 0 aliphatic carbocycles. The van der Waals surface area contributed by atoms with Gasteiger partial charge in [0.25, 0.3) is 0 Å². The summed E-state index contributed by atoms with van der Waals surface area (Å²) < 4.78 is 14.0. The Morgan fingerprint density at radius 2 is 1.95 bits per heavy atom. The molecule has 0 spiro atoms. The number of aliphatic hydroxyl groups is 2. The van der Waals surface area contributed by atoms with E-state index < -0.39 is 0 Å². The van der Waals surface area contributed by atoms with Crippen LogP contribution in [0.4, 0.5) is 4.39 Å². The predicted octanol–water partition coefficient (Wildman–Crippen LogP) is 2.15. The minimum Gasteiger partial charge on any atom is -0.396 e. The van der Waals surface area contributed by atoms with Crippen molar-refractivity contribution in [1.82, 2.24) is 4.90 Å². The van der Waals surface area contributed by atoms with Crippen molar-refractivity contribution in [3.8, 4) is 11.8 Å². The van der Waals surface area contributed by atoms with Crippen molar-refractivity contribution in [2.24, 2.45) is 0 Å². The summed E-state index contributed by atoms with van der Waals surface area (Å²) in [4.78, 5) is 2.08. The Balaban J connectivity index is 2.50. The molecule has 0 radical (unpaired) electrons. The van der Waals surface area contributed by atoms with E-state index in [4.69, 9.17) is 10.2 Å². The predicted molar refractivity (Wildman–Crippen MR) is 82.3 cm³/mol. The molecule has 0 aromatic heterocycles. The van der Waals surface area contributed by atoms with E-state index in [1.165, 1.54) is 6.07 Å². The molecule has 0 aliphatic rings. The molecule has 4 heteroatoms. The maximum Gasteiger partial charge on any atom is 0.128 e. The first-order valence-corrected chi connectivity index (χ1v) is 7.35. The van der Waals surface area contributed by atoms with Gasteiger partial charge in [0.2, 0.25) is 0 Å². The molecule has 0 aliphatic heterocycles. The zero-order chi connectivity index (χ0) is 15.5. The van der Waals surface area contributed by atoms with Crippen molar-refractivity contribution in [2.45, 2.75) is 32.2 Å². The van der Waals surface area contributed by atoms with Crippen LogP contribution >= 0.6 is 0 Å². The van der Waals surface area contributed by atoms with Crippen LogP contribution in [-0.4, -0.2) is 41.9 Å². The first kappa shape index (κ1) is 17.6. The van der Waals surface area contributed by atoms with Gasteiger partial charge in [-0.1, -0.05) is 17.9 Å². The van der Waals surface area contributed by atoms with Gasteiger partial charge in [-0.2, -0.15) is 0 Å². The van der Waals surface area contributed by atoms with Crippen molar-refractivity contribution < 1.29 is 14.6 Å². The number of hydrogen-bond acceptors (Lipinski definition) is 3. The maximum atomic E-state index is 14.0. The second kappa shape index (κ2) is 10.3. The van der Waals surface area contributed by atoms with Gasteiger partial charge in [-0.15, -0.1) is 0 Å². The molecule has 21 heavy (non-hydrogen) atoms. The number of hydrogen-bond donors (Lipinski definition) is 2. The summed E-state index contributed by atoms with van der Waals surface area (Å²) >= 11 is 0. The molecule has 0 heterocycles. The lowest BCUT2D eigenvalue weighted by molar-refractivity contribution is 0.270. The average molecular weight is 293 g/mol. The third kappa shape index (κ3) is 7.24. The zero-order valence-corrected chi connectivity index (χ0v) is 12.6. The van der Waals surface area contributed by atoms with Gasteiger partial charge >= 0.3 is 0 Å². The van der Waals surface area contributed by atoms with Gasteiger partial charge in [-0.3, -0.25) is 0 Å². The van der Waals surface area contributed by atoms with Gasteiger partial charge in [0.15, 0.2) is 0 Å². The lowest BCUT2D eigenvalue weighted by Crippen LogP contribution is -2.19. The van der Waals surface area contributed by atoms with Crippen LogP contribution in [0.25, 0.3) is 0 Å². The second-order valence-corrected chi connectivity index (χ2v) is 5.10. The van der Waals surface area contributed by atoms with E-state index in [0.717, 1.165) is 25.8 Å². The lowest BCUT2D eigenvalue weighted by Gasteiger charge is -2.17. The van der Waals surface area contributed by atoms with Crippen LogP contribution in [-0.2, 0) is 6.54 Å². The van der Waals surface area contributed by atoms with E-state index in [-0.39, 0.29) is 19.0 Å². The van der Waals surface area contributed by atoms with Crippen LogP contribution in [0.1, 0.15) is 36.8 Å². The van der Waals surface area contributed by atoms with Crippen LogP contribution in [0.3, 0.4) is 0 Å². The van der Waals surface area contributed by atoms with Crippen molar-refractivity contribution in [3.05, 3.63) is 35.1 Å². The highest BCUT2D eigenvalue weighted by Crippen LogP contribution is 2.12. The molecule has 1 aromatic carbocycles. The summed E-state index contributed by atoms with van der Waals surface area (Å²) in [5.41, 5.74) is 1.29. The molecule has 0 bridgehead atoms. The Bertz CT molecular complexity index is 479. The standard InChI is InChI=1S/C17H24FNO2/c1-19(10-4-2-5-11-20)14-16-9-8-15(13-17(16)18)7-3-6-12-21/h8-9,13,20-21H,2,4-6,10-12,14H2,1H3. The van der Waals surface area contributed by atoms with Gasteiger partial charge in [-0.25, -0.2) is 4.39 Å². The zero-order valence-electron chi connectivity index (χ0n) is 12.6. The van der Waals surface area contributed by atoms with Crippen molar-refractivity contribution in [2.75, 3.05) is 26.8 Å². The fraction of sp³-hybridized carbons (Fsp3) is 0.529. The number of rotatable bonds is 8. The third-order valence-corrected chi connectivity index (χ3v) is 3.16. The number of unbranched alkanes of at least 4 members (excludes halogenated alkanes) is 2. The molecule has 0 fully saturated rings. The fourth-order valence-electron chi connectivity index (χ4n) is 2.01. The van der Waals surface area contributed by atoms with Crippen molar-refractivity contribution in [1.29, 1.82) is 0 Å². The third-order valence-electron chi connectivity index (χ3n) is 3.16. The highest BCUT2D eigenvalue weighted by Gasteiger charge is 2.06. The number of nitrogens with zero attached hydrogens (tertiary/aromatic N) is 1. The van der Waals surface area contributed by atoms with Crippen molar-refractivity contribution in [3.63, 3.8) is 0 Å². The van der Waals surface area contributed by atoms with Crippen LogP contribution in [0.2, 0.25) is 0 Å². The van der Waals surface area contributed by atoms with E-state index in [9.17, 15) is 4.39 Å². The lowest BCUT2D eigenvalue weighted by atomic mass is 10.1. The van der Waals surface area contributed by atoms with Gasteiger partial charge in [0.1, 0.15) is 5.82 Å². The maximum absolute atomic E-state index is 14.0. The number of halogens is 1. The summed E-state index contributed by atoms with van der Waals surface area (Å²) in [5.74, 6) is 5.37. The molecule has 0 amide bonds. The summed E-state index contributed by atoms with van der Waals surface area (Å²) in [6.07, 6.45) is 3.22. The Labute approximate surface area is 126 Å². The van der Waals surface area contributed by atoms with E-state index >= 15 is 0 Å². The van der Waals surface area contributed by atoms with Crippen LogP contribution < -0.4 is 0 Å². The van der Waals surface area contributed by atoms with Crippen LogP contribution in [0.15, 0.2) is 18.2 Å². The SMILES string of the molecule is CN(CCCCCO)Cc1ccc(C#CCCO)cc1F. The van der Waals surface area contributed by atoms with Gasteiger partial charge in [-0.05, 0) is 45.0 Å². The van der Waals surface area contributed by atoms with E-state index in [1.54, 1.807) is 6.07 Å². The molecule has 0 saturated heterocycles. The smallest absolute Gasteiger partial charge is 0.128 e. The largest absolute Gasteiger partial charge is 0.396 e. The Morgan fingerprint density at radius 1 is 1.14 bits per heavy atom. The summed E-state index contributed by atoms with van der Waals surface area (Å²) in [6, 6.07) is 5.02. The Kier molecular flexibility index (Phi) is 8.68. The van der Waals surface area contributed by atoms with Gasteiger partial charge < -0.3 is 15.1 Å². The first-order valence-electron chi connectivity index (χ1n) is 7.35. The van der Waals surface area contributed by atoms with E-state index in [0.29, 0.717) is 24.1 Å². The van der Waals surface area contributed by atoms with E-state index in [1.807, 2.05) is 13.1 Å². The minimum absolute atomic E-state index is 0.0225. The van der Waals surface area contributed by atoms with Crippen molar-refractivity contribution >= 4 is 0 Å². The summed E-state index contributed by atoms with van der Waals surface area (Å²) in [7, 11) is 1.97. The molecule has 3 nitrogen and oxygen atoms in total. The molecular formula is C17H24FNO2. The highest BCUT2D eigenvalue weighted by molar-refractivity contribution is 5.37. The average Bonchev–Trinajstić information content (AvgIpc) is 2.47. The van der Waals surface area contributed by atoms with Gasteiger partial charge in [0.05, 0.1) is 6.61 Å². The Hall–Kier alpha value is -1.41. The van der Waals surface area contributed by atoms with Gasteiger partial charge in [0, 0.05) is 30.7 Å². The monoisotopic (exact) mass is 293 g/mol. The molecule has 2 N–H and O–H groups in total. The van der Waals surface area contributed by atoms with E-state index in [2.05, 4.69) is 16.7 Å². The molecule has 1 aromatic rings.